The Morgan fingerprint density at radius 3 is 2.06 bits per heavy atom. The van der Waals surface area contributed by atoms with E-state index in [9.17, 15) is 13.6 Å². The molecule has 0 radical (unpaired) electrons. The van der Waals surface area contributed by atoms with Gasteiger partial charge < -0.3 is 5.32 Å². The molecule has 0 aliphatic heterocycles. The van der Waals surface area contributed by atoms with Crippen LogP contribution in [0.25, 0.3) is 0 Å². The van der Waals surface area contributed by atoms with Crippen molar-refractivity contribution in [3.63, 3.8) is 0 Å². The van der Waals surface area contributed by atoms with Crippen molar-refractivity contribution in [2.75, 3.05) is 0 Å². The van der Waals surface area contributed by atoms with Crippen molar-refractivity contribution in [1.29, 1.82) is 0 Å². The molecule has 1 rings (SSSR count). The Hall–Kier alpha value is -0.670. The van der Waals surface area contributed by atoms with Gasteiger partial charge in [0.1, 0.15) is 0 Å². The largest absolute Gasteiger partial charge is 0.354 e. The molecule has 1 fully saturated rings. The summed E-state index contributed by atoms with van der Waals surface area (Å²) in [5, 5.41) is 2.76. The molecule has 0 aromatic heterocycles. The summed E-state index contributed by atoms with van der Waals surface area (Å²) in [4.78, 5) is 11.5. The molecule has 2 nitrogen and oxygen atoms in total. The topological polar surface area (TPSA) is 29.1 Å². The Bertz CT molecular complexity index is 207. The van der Waals surface area contributed by atoms with E-state index in [0.29, 0.717) is 12.8 Å². The minimum Gasteiger partial charge on any atom is -0.354 e. The SMILES string of the molecule is CC.CC(C)NC(=O)C1CCC(F)(F)CC1. The van der Waals surface area contributed by atoms with Gasteiger partial charge in [0.2, 0.25) is 11.8 Å². The quantitative estimate of drug-likeness (QED) is 0.781. The standard InChI is InChI=1S/C10H17F2NO.C2H6/c1-7(2)13-9(14)8-3-5-10(11,12)6-4-8;1-2/h7-8H,3-6H2,1-2H3,(H,13,14);1-2H3. The number of amides is 1. The van der Waals surface area contributed by atoms with E-state index in [-0.39, 0.29) is 30.7 Å². The van der Waals surface area contributed by atoms with Crippen LogP contribution in [-0.2, 0) is 4.79 Å². The summed E-state index contributed by atoms with van der Waals surface area (Å²) in [6.07, 6.45) is 0.323. The lowest BCUT2D eigenvalue weighted by Gasteiger charge is -2.27. The van der Waals surface area contributed by atoms with Crippen LogP contribution in [0.1, 0.15) is 53.4 Å². The molecular formula is C12H23F2NO. The maximum absolute atomic E-state index is 12.8. The zero-order chi connectivity index (χ0) is 12.8. The van der Waals surface area contributed by atoms with Gasteiger partial charge in [-0.1, -0.05) is 13.8 Å². The molecule has 1 N–H and O–H groups in total. The maximum Gasteiger partial charge on any atom is 0.248 e. The number of hydrogen-bond acceptors (Lipinski definition) is 1. The van der Waals surface area contributed by atoms with E-state index in [1.54, 1.807) is 0 Å². The Balaban J connectivity index is 0.00000106. The predicted molar refractivity (Wildman–Crippen MR) is 61.5 cm³/mol. The highest BCUT2D eigenvalue weighted by Gasteiger charge is 2.37. The highest BCUT2D eigenvalue weighted by Crippen LogP contribution is 2.36. The zero-order valence-corrected chi connectivity index (χ0v) is 10.6. The molecule has 0 unspecified atom stereocenters. The van der Waals surface area contributed by atoms with Gasteiger partial charge in [-0.3, -0.25) is 4.79 Å². The van der Waals surface area contributed by atoms with Gasteiger partial charge in [0, 0.05) is 24.8 Å². The summed E-state index contributed by atoms with van der Waals surface area (Å²) in [7, 11) is 0. The first-order chi connectivity index (χ1) is 7.41. The zero-order valence-electron chi connectivity index (χ0n) is 10.6. The second-order valence-corrected chi connectivity index (χ2v) is 4.29. The van der Waals surface area contributed by atoms with E-state index in [2.05, 4.69) is 5.32 Å². The minimum absolute atomic E-state index is 0.0736. The summed E-state index contributed by atoms with van der Waals surface area (Å²) >= 11 is 0. The van der Waals surface area contributed by atoms with Crippen LogP contribution in [0.5, 0.6) is 0 Å². The van der Waals surface area contributed by atoms with Gasteiger partial charge in [0.25, 0.3) is 0 Å². The third-order valence-corrected chi connectivity index (χ3v) is 2.52. The van der Waals surface area contributed by atoms with E-state index in [1.165, 1.54) is 0 Å². The van der Waals surface area contributed by atoms with Crippen LogP contribution in [0.2, 0.25) is 0 Å². The summed E-state index contributed by atoms with van der Waals surface area (Å²) in [6, 6.07) is 0.0879. The smallest absolute Gasteiger partial charge is 0.248 e. The Kier molecular flexibility index (Phi) is 6.53. The van der Waals surface area contributed by atoms with Gasteiger partial charge >= 0.3 is 0 Å². The molecule has 0 atom stereocenters. The Morgan fingerprint density at radius 1 is 1.25 bits per heavy atom. The van der Waals surface area contributed by atoms with Crippen molar-refractivity contribution in [2.24, 2.45) is 5.92 Å². The number of rotatable bonds is 2. The number of alkyl halides is 2. The second kappa shape index (κ2) is 6.81. The van der Waals surface area contributed by atoms with Crippen LogP contribution in [-0.4, -0.2) is 17.9 Å². The molecule has 1 aliphatic carbocycles. The van der Waals surface area contributed by atoms with Crippen LogP contribution in [0.15, 0.2) is 0 Å². The van der Waals surface area contributed by atoms with Crippen molar-refractivity contribution in [2.45, 2.75) is 65.3 Å². The fourth-order valence-corrected chi connectivity index (χ4v) is 1.70. The maximum atomic E-state index is 12.8. The fraction of sp³-hybridized carbons (Fsp3) is 0.917. The Labute approximate surface area is 96.8 Å². The predicted octanol–water partition coefficient (Wildman–Crippen LogP) is 3.36. The van der Waals surface area contributed by atoms with Crippen LogP contribution in [0.3, 0.4) is 0 Å². The van der Waals surface area contributed by atoms with E-state index >= 15 is 0 Å². The lowest BCUT2D eigenvalue weighted by atomic mass is 9.86. The molecule has 4 heteroatoms. The van der Waals surface area contributed by atoms with Crippen molar-refractivity contribution in [3.05, 3.63) is 0 Å². The second-order valence-electron chi connectivity index (χ2n) is 4.29. The molecule has 16 heavy (non-hydrogen) atoms. The molecule has 0 aromatic rings. The Morgan fingerprint density at radius 2 is 1.69 bits per heavy atom. The summed E-state index contributed by atoms with van der Waals surface area (Å²) in [5.41, 5.74) is 0. The normalized spacial score (nSPS) is 19.9. The molecule has 0 spiro atoms. The first-order valence-corrected chi connectivity index (χ1v) is 6.09. The first-order valence-electron chi connectivity index (χ1n) is 6.09. The van der Waals surface area contributed by atoms with Crippen molar-refractivity contribution >= 4 is 5.91 Å². The lowest BCUT2D eigenvalue weighted by molar-refractivity contribution is -0.129. The number of halogens is 2. The molecule has 0 bridgehead atoms. The monoisotopic (exact) mass is 235 g/mol. The van der Waals surface area contributed by atoms with E-state index in [1.807, 2.05) is 27.7 Å². The van der Waals surface area contributed by atoms with Crippen LogP contribution in [0, 0.1) is 5.92 Å². The molecule has 1 aliphatic rings. The number of hydrogen-bond donors (Lipinski definition) is 1. The lowest BCUT2D eigenvalue weighted by Crippen LogP contribution is -2.38. The van der Waals surface area contributed by atoms with Gasteiger partial charge in [-0.05, 0) is 26.7 Å². The number of carbonyl (C=O) groups excluding carboxylic acids is 1. The fourth-order valence-electron chi connectivity index (χ4n) is 1.70. The van der Waals surface area contributed by atoms with E-state index in [4.69, 9.17) is 0 Å². The molecular weight excluding hydrogens is 212 g/mol. The van der Waals surface area contributed by atoms with Crippen molar-refractivity contribution in [3.8, 4) is 0 Å². The van der Waals surface area contributed by atoms with Gasteiger partial charge in [-0.2, -0.15) is 0 Å². The average molecular weight is 235 g/mol. The molecule has 96 valence electrons. The summed E-state index contributed by atoms with van der Waals surface area (Å²) in [6.45, 7) is 7.74. The third-order valence-electron chi connectivity index (χ3n) is 2.52. The van der Waals surface area contributed by atoms with Crippen LogP contribution < -0.4 is 5.32 Å². The number of carbonyl (C=O) groups is 1. The molecule has 0 heterocycles. The highest BCUT2D eigenvalue weighted by atomic mass is 19.3. The van der Waals surface area contributed by atoms with Crippen molar-refractivity contribution < 1.29 is 13.6 Å². The van der Waals surface area contributed by atoms with Gasteiger partial charge in [0.15, 0.2) is 0 Å². The molecule has 1 saturated carbocycles. The van der Waals surface area contributed by atoms with Crippen molar-refractivity contribution in [1.82, 2.24) is 5.32 Å². The molecule has 0 aromatic carbocycles. The average Bonchev–Trinajstić information content (AvgIpc) is 2.19. The van der Waals surface area contributed by atoms with Gasteiger partial charge in [-0.15, -0.1) is 0 Å². The molecule has 1 amide bonds. The summed E-state index contributed by atoms with van der Waals surface area (Å²) in [5.74, 6) is -2.83. The first kappa shape index (κ1) is 15.3. The summed E-state index contributed by atoms with van der Waals surface area (Å²) < 4.78 is 25.5. The highest BCUT2D eigenvalue weighted by molar-refractivity contribution is 5.78. The van der Waals surface area contributed by atoms with Gasteiger partial charge in [-0.25, -0.2) is 8.78 Å². The third kappa shape index (κ3) is 5.42. The van der Waals surface area contributed by atoms with E-state index < -0.39 is 5.92 Å². The number of nitrogens with one attached hydrogen (secondary N) is 1. The van der Waals surface area contributed by atoms with Crippen LogP contribution >= 0.6 is 0 Å². The van der Waals surface area contributed by atoms with E-state index in [0.717, 1.165) is 0 Å². The van der Waals surface area contributed by atoms with Crippen LogP contribution in [0.4, 0.5) is 8.78 Å². The minimum atomic E-state index is -2.55. The van der Waals surface area contributed by atoms with Gasteiger partial charge in [0.05, 0.1) is 0 Å². The molecule has 0 saturated heterocycles.